The number of rotatable bonds is 4. The van der Waals surface area contributed by atoms with Gasteiger partial charge in [0.05, 0.1) is 31.3 Å². The molecule has 0 radical (unpaired) electrons. The molecule has 6 nitrogen and oxygen atoms in total. The van der Waals surface area contributed by atoms with Crippen LogP contribution in [0.5, 0.6) is 0 Å². The summed E-state index contributed by atoms with van der Waals surface area (Å²) in [4.78, 5) is 9.37. The molecule has 1 aliphatic rings. The molecule has 0 bridgehead atoms. The lowest BCUT2D eigenvalue weighted by atomic mass is 10.0. The summed E-state index contributed by atoms with van der Waals surface area (Å²) < 4.78 is 10.7. The molecule has 0 amide bonds. The number of aromatic nitrogens is 2. The van der Waals surface area contributed by atoms with Crippen LogP contribution in [-0.4, -0.2) is 65.6 Å². The van der Waals surface area contributed by atoms with E-state index in [0.29, 0.717) is 19.8 Å². The van der Waals surface area contributed by atoms with E-state index in [2.05, 4.69) is 14.9 Å². The normalized spacial score (nSPS) is 28.8. The number of hydrogen-bond donors (Lipinski definition) is 2. The predicted octanol–water partition coefficient (Wildman–Crippen LogP) is -0.0754. The Labute approximate surface area is 107 Å². The molecule has 0 spiro atoms. The smallest absolute Gasteiger partial charge is 0.108 e. The number of ether oxygens (including phenoxy) is 2. The van der Waals surface area contributed by atoms with Gasteiger partial charge in [0.2, 0.25) is 0 Å². The molecule has 1 aliphatic heterocycles. The number of aliphatic hydroxyl groups is 1. The summed E-state index contributed by atoms with van der Waals surface area (Å²) in [5, 5.41) is 10.2. The minimum Gasteiger partial charge on any atom is -0.389 e. The summed E-state index contributed by atoms with van der Waals surface area (Å²) in [6.45, 7) is 3.63. The van der Waals surface area contributed by atoms with Gasteiger partial charge in [0, 0.05) is 19.3 Å². The van der Waals surface area contributed by atoms with Gasteiger partial charge >= 0.3 is 0 Å². The number of likely N-dealkylation sites (N-methyl/N-ethyl adjacent to an activating group) is 1. The number of methoxy groups -OCH3 is 1. The summed E-state index contributed by atoms with van der Waals surface area (Å²) in [5.41, 5.74) is 2.04. The highest BCUT2D eigenvalue weighted by molar-refractivity contribution is 5.08. The Balaban J connectivity index is 2.00. The molecule has 2 N–H and O–H groups in total. The average Bonchev–Trinajstić information content (AvgIpc) is 2.75. The van der Waals surface area contributed by atoms with Crippen molar-refractivity contribution in [2.24, 2.45) is 0 Å². The van der Waals surface area contributed by atoms with Crippen LogP contribution in [0.25, 0.3) is 0 Å². The standard InChI is InChI=1S/C12H21N3O3/c1-8-9(14-7-13-8)4-15(2)10-5-18-6-11(17-3)12(10)16/h7,10-12,16H,4-6H2,1-3H3,(H,13,14)/t10-,11-,12+/m1/s1. The molecule has 1 aromatic rings. The number of aromatic amines is 1. The number of nitrogens with one attached hydrogen (secondary N) is 1. The summed E-state index contributed by atoms with van der Waals surface area (Å²) in [7, 11) is 3.56. The van der Waals surface area contributed by atoms with Crippen LogP contribution in [0.4, 0.5) is 0 Å². The second-order valence-corrected chi connectivity index (χ2v) is 4.76. The Morgan fingerprint density at radius 2 is 2.39 bits per heavy atom. The number of aliphatic hydroxyl groups excluding tert-OH is 1. The molecule has 6 heteroatoms. The zero-order valence-electron chi connectivity index (χ0n) is 11.1. The Hall–Kier alpha value is -0.950. The van der Waals surface area contributed by atoms with Crippen molar-refractivity contribution in [1.82, 2.24) is 14.9 Å². The van der Waals surface area contributed by atoms with E-state index in [-0.39, 0.29) is 12.1 Å². The highest BCUT2D eigenvalue weighted by Gasteiger charge is 2.35. The third-order valence-corrected chi connectivity index (χ3v) is 3.55. The van der Waals surface area contributed by atoms with Gasteiger partial charge < -0.3 is 19.6 Å². The van der Waals surface area contributed by atoms with E-state index in [9.17, 15) is 5.11 Å². The molecule has 2 heterocycles. The molecule has 0 aromatic carbocycles. The Kier molecular flexibility index (Phi) is 4.34. The monoisotopic (exact) mass is 255 g/mol. The molecule has 1 aromatic heterocycles. The van der Waals surface area contributed by atoms with E-state index in [1.165, 1.54) is 0 Å². The Morgan fingerprint density at radius 1 is 1.61 bits per heavy atom. The first-order valence-corrected chi connectivity index (χ1v) is 6.11. The SMILES string of the molecule is CO[C@@H]1COC[C@@H](N(C)Cc2nc[nH]c2C)[C@@H]1O. The Bertz CT molecular complexity index is 382. The third-order valence-electron chi connectivity index (χ3n) is 3.55. The van der Waals surface area contributed by atoms with E-state index in [1.807, 2.05) is 14.0 Å². The van der Waals surface area contributed by atoms with Gasteiger partial charge in [0.15, 0.2) is 0 Å². The molecule has 1 fully saturated rings. The average molecular weight is 255 g/mol. The topological polar surface area (TPSA) is 70.6 Å². The van der Waals surface area contributed by atoms with Crippen LogP contribution in [-0.2, 0) is 16.0 Å². The predicted molar refractivity (Wildman–Crippen MR) is 66.2 cm³/mol. The van der Waals surface area contributed by atoms with Crippen molar-refractivity contribution in [3.05, 3.63) is 17.7 Å². The van der Waals surface area contributed by atoms with Gasteiger partial charge in [-0.05, 0) is 14.0 Å². The molecule has 0 saturated carbocycles. The highest BCUT2D eigenvalue weighted by Crippen LogP contribution is 2.18. The maximum atomic E-state index is 10.2. The molecule has 3 atom stereocenters. The van der Waals surface area contributed by atoms with E-state index >= 15 is 0 Å². The number of imidazole rings is 1. The molecular weight excluding hydrogens is 234 g/mol. The summed E-state index contributed by atoms with van der Waals surface area (Å²) in [6.07, 6.45) is 0.893. The summed E-state index contributed by atoms with van der Waals surface area (Å²) in [5.74, 6) is 0. The van der Waals surface area contributed by atoms with Crippen molar-refractivity contribution in [3.63, 3.8) is 0 Å². The van der Waals surface area contributed by atoms with E-state index in [4.69, 9.17) is 9.47 Å². The quantitative estimate of drug-likeness (QED) is 0.788. The van der Waals surface area contributed by atoms with Crippen molar-refractivity contribution in [2.45, 2.75) is 31.7 Å². The van der Waals surface area contributed by atoms with Crippen LogP contribution < -0.4 is 0 Å². The van der Waals surface area contributed by atoms with Gasteiger partial charge in [-0.1, -0.05) is 0 Å². The fourth-order valence-corrected chi connectivity index (χ4v) is 2.25. The lowest BCUT2D eigenvalue weighted by molar-refractivity contribution is -0.142. The molecule has 1 saturated heterocycles. The van der Waals surface area contributed by atoms with Crippen molar-refractivity contribution in [2.75, 3.05) is 27.4 Å². The van der Waals surface area contributed by atoms with Gasteiger partial charge in [0.1, 0.15) is 12.2 Å². The molecule has 0 unspecified atom stereocenters. The van der Waals surface area contributed by atoms with Gasteiger partial charge in [-0.2, -0.15) is 0 Å². The van der Waals surface area contributed by atoms with Crippen molar-refractivity contribution in [3.8, 4) is 0 Å². The summed E-state index contributed by atoms with van der Waals surface area (Å²) >= 11 is 0. The van der Waals surface area contributed by atoms with Gasteiger partial charge in [0.25, 0.3) is 0 Å². The largest absolute Gasteiger partial charge is 0.389 e. The molecule has 102 valence electrons. The van der Waals surface area contributed by atoms with Crippen LogP contribution in [0.1, 0.15) is 11.4 Å². The van der Waals surface area contributed by atoms with Crippen LogP contribution in [0.2, 0.25) is 0 Å². The maximum absolute atomic E-state index is 10.2. The second-order valence-electron chi connectivity index (χ2n) is 4.76. The minimum atomic E-state index is -0.534. The van der Waals surface area contributed by atoms with Crippen LogP contribution >= 0.6 is 0 Å². The minimum absolute atomic E-state index is 0.0696. The lowest BCUT2D eigenvalue weighted by Crippen LogP contribution is -2.55. The van der Waals surface area contributed by atoms with Crippen molar-refractivity contribution < 1.29 is 14.6 Å². The van der Waals surface area contributed by atoms with E-state index < -0.39 is 6.10 Å². The molecule has 2 rings (SSSR count). The first-order valence-electron chi connectivity index (χ1n) is 6.11. The van der Waals surface area contributed by atoms with E-state index in [0.717, 1.165) is 11.4 Å². The zero-order chi connectivity index (χ0) is 13.1. The molecule has 18 heavy (non-hydrogen) atoms. The number of nitrogens with zero attached hydrogens (tertiary/aromatic N) is 2. The number of hydrogen-bond acceptors (Lipinski definition) is 5. The maximum Gasteiger partial charge on any atom is 0.108 e. The first kappa shape index (κ1) is 13.5. The fraction of sp³-hybridized carbons (Fsp3) is 0.750. The van der Waals surface area contributed by atoms with Gasteiger partial charge in [-0.15, -0.1) is 0 Å². The van der Waals surface area contributed by atoms with Crippen LogP contribution in [0.15, 0.2) is 6.33 Å². The van der Waals surface area contributed by atoms with Gasteiger partial charge in [-0.3, -0.25) is 4.90 Å². The third kappa shape index (κ3) is 2.72. The second kappa shape index (κ2) is 5.79. The van der Waals surface area contributed by atoms with Crippen LogP contribution in [0.3, 0.4) is 0 Å². The summed E-state index contributed by atoms with van der Waals surface area (Å²) in [6, 6.07) is -0.0696. The van der Waals surface area contributed by atoms with Gasteiger partial charge in [-0.25, -0.2) is 4.98 Å². The highest BCUT2D eigenvalue weighted by atomic mass is 16.5. The van der Waals surface area contributed by atoms with Crippen molar-refractivity contribution >= 4 is 0 Å². The Morgan fingerprint density at radius 3 is 3.00 bits per heavy atom. The fourth-order valence-electron chi connectivity index (χ4n) is 2.25. The molecule has 0 aliphatic carbocycles. The van der Waals surface area contributed by atoms with Crippen LogP contribution in [0, 0.1) is 6.92 Å². The lowest BCUT2D eigenvalue weighted by Gasteiger charge is -2.38. The van der Waals surface area contributed by atoms with E-state index in [1.54, 1.807) is 13.4 Å². The van der Waals surface area contributed by atoms with Crippen molar-refractivity contribution in [1.29, 1.82) is 0 Å². The number of aryl methyl sites for hydroxylation is 1. The molecular formula is C12H21N3O3. The number of H-pyrrole nitrogens is 1. The first-order chi connectivity index (χ1) is 8.63. The zero-order valence-corrected chi connectivity index (χ0v) is 11.1.